The number of benzene rings is 2. The number of carbonyl (C=O) groups excluding carboxylic acids is 1. The minimum absolute atomic E-state index is 0.172. The van der Waals surface area contributed by atoms with E-state index in [1.54, 1.807) is 4.90 Å². The van der Waals surface area contributed by atoms with E-state index in [2.05, 4.69) is 11.4 Å². The van der Waals surface area contributed by atoms with Gasteiger partial charge in [-0.3, -0.25) is 0 Å². The summed E-state index contributed by atoms with van der Waals surface area (Å²) in [6.07, 6.45) is 0.725. The number of amides is 2. The second kappa shape index (κ2) is 8.23. The standard InChI is InChI=1S/C23H20FN5O3/c24-17-2-4-18(5-3-17)26-23(30)29-7-1-6-28(8-9-29)22-16(13-25)10-15-11-20-21(32-14-31-20)12-19(15)27-22/h2-5,10-12H,1,6-9,14H2,(H,26,30). The minimum Gasteiger partial charge on any atom is -0.454 e. The molecule has 2 amide bonds. The van der Waals surface area contributed by atoms with Gasteiger partial charge in [-0.2, -0.15) is 5.26 Å². The van der Waals surface area contributed by atoms with Gasteiger partial charge in [0.15, 0.2) is 11.5 Å². The first-order chi connectivity index (χ1) is 15.6. The zero-order chi connectivity index (χ0) is 22.1. The van der Waals surface area contributed by atoms with Crippen LogP contribution in [0.4, 0.5) is 20.7 Å². The molecule has 2 aliphatic rings. The van der Waals surface area contributed by atoms with Crippen LogP contribution in [0.1, 0.15) is 12.0 Å². The van der Waals surface area contributed by atoms with Gasteiger partial charge in [-0.1, -0.05) is 0 Å². The zero-order valence-electron chi connectivity index (χ0n) is 17.2. The van der Waals surface area contributed by atoms with Gasteiger partial charge in [-0.05, 0) is 42.8 Å². The lowest BCUT2D eigenvalue weighted by atomic mass is 10.1. The largest absolute Gasteiger partial charge is 0.454 e. The molecule has 2 aliphatic heterocycles. The molecule has 0 aliphatic carbocycles. The Bertz CT molecular complexity index is 1230. The maximum atomic E-state index is 13.1. The third-order valence-corrected chi connectivity index (χ3v) is 5.59. The molecule has 8 nitrogen and oxygen atoms in total. The third-order valence-electron chi connectivity index (χ3n) is 5.59. The maximum absolute atomic E-state index is 13.1. The van der Waals surface area contributed by atoms with Crippen molar-refractivity contribution in [2.75, 3.05) is 43.2 Å². The van der Waals surface area contributed by atoms with E-state index >= 15 is 0 Å². The Hall–Kier alpha value is -4.06. The van der Waals surface area contributed by atoms with E-state index in [9.17, 15) is 14.4 Å². The number of hydrogen-bond donors (Lipinski definition) is 1. The van der Waals surface area contributed by atoms with Gasteiger partial charge in [0, 0.05) is 43.3 Å². The second-order valence-electron chi connectivity index (χ2n) is 7.63. The lowest BCUT2D eigenvalue weighted by Gasteiger charge is -2.24. The van der Waals surface area contributed by atoms with Crippen molar-refractivity contribution in [3.05, 3.63) is 53.8 Å². The number of urea groups is 1. The first kappa shape index (κ1) is 19.9. The van der Waals surface area contributed by atoms with E-state index < -0.39 is 0 Å². The highest BCUT2D eigenvalue weighted by molar-refractivity contribution is 5.89. The van der Waals surface area contributed by atoms with Crippen LogP contribution in [0.15, 0.2) is 42.5 Å². The number of aromatic nitrogens is 1. The van der Waals surface area contributed by atoms with E-state index in [4.69, 9.17) is 14.5 Å². The lowest BCUT2D eigenvalue weighted by Crippen LogP contribution is -2.38. The number of nitriles is 1. The maximum Gasteiger partial charge on any atom is 0.321 e. The number of nitrogens with zero attached hydrogens (tertiary/aromatic N) is 4. The molecule has 2 aromatic carbocycles. The number of halogens is 1. The van der Waals surface area contributed by atoms with Crippen molar-refractivity contribution in [3.63, 3.8) is 0 Å². The Morgan fingerprint density at radius 2 is 1.84 bits per heavy atom. The number of carbonyl (C=O) groups is 1. The van der Waals surface area contributed by atoms with Crippen molar-refractivity contribution >= 4 is 28.4 Å². The summed E-state index contributed by atoms with van der Waals surface area (Å²) in [5, 5.41) is 13.3. The van der Waals surface area contributed by atoms with Crippen LogP contribution < -0.4 is 19.7 Å². The number of hydrogen-bond acceptors (Lipinski definition) is 6. The number of pyridine rings is 1. The molecule has 32 heavy (non-hydrogen) atoms. The van der Waals surface area contributed by atoms with E-state index in [1.807, 2.05) is 23.1 Å². The summed E-state index contributed by atoms with van der Waals surface area (Å²) >= 11 is 0. The van der Waals surface area contributed by atoms with E-state index in [1.165, 1.54) is 24.3 Å². The summed E-state index contributed by atoms with van der Waals surface area (Å²) in [6.45, 7) is 2.41. The highest BCUT2D eigenvalue weighted by Gasteiger charge is 2.23. The Morgan fingerprint density at radius 1 is 1.06 bits per heavy atom. The van der Waals surface area contributed by atoms with Gasteiger partial charge in [-0.15, -0.1) is 0 Å². The average molecular weight is 433 g/mol. The summed E-state index contributed by atoms with van der Waals surface area (Å²) in [4.78, 5) is 21.2. The molecule has 1 N–H and O–H groups in total. The summed E-state index contributed by atoms with van der Waals surface area (Å²) in [6, 6.07) is 13.1. The summed E-state index contributed by atoms with van der Waals surface area (Å²) in [5.41, 5.74) is 1.73. The molecule has 5 rings (SSSR count). The average Bonchev–Trinajstić information content (AvgIpc) is 3.11. The van der Waals surface area contributed by atoms with Gasteiger partial charge in [-0.25, -0.2) is 14.2 Å². The van der Waals surface area contributed by atoms with Gasteiger partial charge < -0.3 is 24.6 Å². The normalized spacial score (nSPS) is 15.4. The topological polar surface area (TPSA) is 90.7 Å². The smallest absolute Gasteiger partial charge is 0.321 e. The predicted molar refractivity (Wildman–Crippen MR) is 116 cm³/mol. The SMILES string of the molecule is N#Cc1cc2cc3c(cc2nc1N1CCCN(C(=O)Nc2ccc(F)cc2)CC1)OCO3. The molecule has 162 valence electrons. The van der Waals surface area contributed by atoms with Crippen LogP contribution in [0.3, 0.4) is 0 Å². The Kier molecular flexibility index (Phi) is 5.11. The molecule has 1 fully saturated rings. The quantitative estimate of drug-likeness (QED) is 0.663. The van der Waals surface area contributed by atoms with Gasteiger partial charge in [0.2, 0.25) is 6.79 Å². The molecule has 0 radical (unpaired) electrons. The van der Waals surface area contributed by atoms with E-state index in [0.29, 0.717) is 54.7 Å². The molecule has 0 spiro atoms. The molecule has 0 saturated carbocycles. The van der Waals surface area contributed by atoms with Crippen LogP contribution in [0.2, 0.25) is 0 Å². The number of rotatable bonds is 2. The molecule has 3 heterocycles. The van der Waals surface area contributed by atoms with Crippen molar-refractivity contribution < 1.29 is 18.7 Å². The van der Waals surface area contributed by atoms with Gasteiger partial charge in [0.05, 0.1) is 11.1 Å². The fraction of sp³-hybridized carbons (Fsp3) is 0.261. The van der Waals surface area contributed by atoms with Gasteiger partial charge in [0.1, 0.15) is 17.7 Å². The molecule has 9 heteroatoms. The molecule has 1 aromatic heterocycles. The Balaban J connectivity index is 1.34. The fourth-order valence-corrected chi connectivity index (χ4v) is 3.95. The Labute approximate surface area is 183 Å². The van der Waals surface area contributed by atoms with Crippen LogP contribution in [-0.2, 0) is 0 Å². The number of fused-ring (bicyclic) bond motifs is 2. The summed E-state index contributed by atoms with van der Waals surface area (Å²) in [7, 11) is 0. The van der Waals surface area contributed by atoms with Crippen LogP contribution in [0.25, 0.3) is 10.9 Å². The van der Waals surface area contributed by atoms with E-state index in [-0.39, 0.29) is 18.6 Å². The number of ether oxygens (including phenoxy) is 2. The highest BCUT2D eigenvalue weighted by atomic mass is 19.1. The van der Waals surface area contributed by atoms with Crippen LogP contribution >= 0.6 is 0 Å². The zero-order valence-corrected chi connectivity index (χ0v) is 17.2. The highest BCUT2D eigenvalue weighted by Crippen LogP contribution is 2.37. The van der Waals surface area contributed by atoms with Crippen molar-refractivity contribution in [1.82, 2.24) is 9.88 Å². The number of anilines is 2. The predicted octanol–water partition coefficient (Wildman–Crippen LogP) is 3.72. The summed E-state index contributed by atoms with van der Waals surface area (Å²) in [5.74, 6) is 1.53. The molecule has 1 saturated heterocycles. The molecule has 0 unspecified atom stereocenters. The molecular weight excluding hydrogens is 413 g/mol. The van der Waals surface area contributed by atoms with Crippen molar-refractivity contribution in [2.45, 2.75) is 6.42 Å². The van der Waals surface area contributed by atoms with Crippen LogP contribution in [0.5, 0.6) is 11.5 Å². The number of nitrogens with one attached hydrogen (secondary N) is 1. The van der Waals surface area contributed by atoms with Crippen molar-refractivity contribution in [1.29, 1.82) is 5.26 Å². The first-order valence-electron chi connectivity index (χ1n) is 10.3. The minimum atomic E-state index is -0.353. The van der Waals surface area contributed by atoms with Gasteiger partial charge in [0.25, 0.3) is 0 Å². The van der Waals surface area contributed by atoms with E-state index in [0.717, 1.165) is 17.3 Å². The van der Waals surface area contributed by atoms with Crippen molar-refractivity contribution in [3.8, 4) is 17.6 Å². The molecule has 0 atom stereocenters. The third kappa shape index (κ3) is 3.83. The molecule has 3 aromatic rings. The Morgan fingerprint density at radius 3 is 2.62 bits per heavy atom. The van der Waals surface area contributed by atoms with Crippen molar-refractivity contribution in [2.24, 2.45) is 0 Å². The molecular formula is C23H20FN5O3. The molecule has 0 bridgehead atoms. The van der Waals surface area contributed by atoms with Crippen LogP contribution in [0, 0.1) is 17.1 Å². The van der Waals surface area contributed by atoms with Crippen LogP contribution in [-0.4, -0.2) is 48.9 Å². The lowest BCUT2D eigenvalue weighted by molar-refractivity contribution is 0.174. The second-order valence-corrected chi connectivity index (χ2v) is 7.63. The fourth-order valence-electron chi connectivity index (χ4n) is 3.95. The first-order valence-corrected chi connectivity index (χ1v) is 10.3. The van der Waals surface area contributed by atoms with Gasteiger partial charge >= 0.3 is 6.03 Å². The monoisotopic (exact) mass is 433 g/mol. The summed E-state index contributed by atoms with van der Waals surface area (Å²) < 4.78 is 24.0.